The van der Waals surface area contributed by atoms with E-state index in [1.807, 2.05) is 26.8 Å². The van der Waals surface area contributed by atoms with E-state index in [2.05, 4.69) is 15.4 Å². The molecule has 1 aromatic carbocycles. The Morgan fingerprint density at radius 2 is 1.93 bits per heavy atom. The lowest BCUT2D eigenvalue weighted by Gasteiger charge is -2.14. The number of nitrogens with zero attached hydrogens (tertiary/aromatic N) is 3. The lowest BCUT2D eigenvalue weighted by atomic mass is 9.99. The van der Waals surface area contributed by atoms with Crippen LogP contribution in [0, 0.1) is 6.92 Å². The van der Waals surface area contributed by atoms with Crippen LogP contribution in [0.25, 0.3) is 11.0 Å². The van der Waals surface area contributed by atoms with Gasteiger partial charge in [0.05, 0.1) is 23.1 Å². The number of pyridine rings is 1. The Hall–Kier alpha value is -3.22. The molecule has 140 valence electrons. The number of rotatable bonds is 6. The van der Waals surface area contributed by atoms with Gasteiger partial charge in [-0.15, -0.1) is 0 Å². The summed E-state index contributed by atoms with van der Waals surface area (Å²) in [7, 11) is 0. The third-order valence-corrected chi connectivity index (χ3v) is 4.40. The number of fused-ring (bicyclic) bond motifs is 1. The first-order chi connectivity index (χ1) is 12.9. The van der Waals surface area contributed by atoms with Gasteiger partial charge in [0.2, 0.25) is 0 Å². The van der Waals surface area contributed by atoms with E-state index in [1.54, 1.807) is 41.2 Å². The standard InChI is InChI=1S/C20H22N4O3/c1-12(2)24-18-17(11-22-24)15(9-13(3)23-18)19(25)21-10-16(20(26)27)14-7-5-4-6-8-14/h4-9,11-12,16H,10H2,1-3H3,(H,21,25)(H,26,27). The highest BCUT2D eigenvalue weighted by atomic mass is 16.4. The third-order valence-electron chi connectivity index (χ3n) is 4.40. The number of carbonyl (C=O) groups excluding carboxylic acids is 1. The number of carboxylic acids is 1. The van der Waals surface area contributed by atoms with Crippen LogP contribution in [0.1, 0.15) is 47.4 Å². The molecule has 0 radical (unpaired) electrons. The molecule has 0 saturated heterocycles. The van der Waals surface area contributed by atoms with E-state index < -0.39 is 11.9 Å². The van der Waals surface area contributed by atoms with Crippen molar-refractivity contribution in [3.05, 3.63) is 59.4 Å². The zero-order chi connectivity index (χ0) is 19.6. The third kappa shape index (κ3) is 3.81. The Bertz CT molecular complexity index is 980. The topological polar surface area (TPSA) is 97.1 Å². The molecule has 2 N–H and O–H groups in total. The van der Waals surface area contributed by atoms with Crippen molar-refractivity contribution in [3.8, 4) is 0 Å². The van der Waals surface area contributed by atoms with E-state index in [9.17, 15) is 14.7 Å². The van der Waals surface area contributed by atoms with Gasteiger partial charge in [-0.3, -0.25) is 9.59 Å². The predicted octanol–water partition coefficient (Wildman–Crippen LogP) is 2.92. The fourth-order valence-corrected chi connectivity index (χ4v) is 3.03. The molecule has 0 bridgehead atoms. The van der Waals surface area contributed by atoms with E-state index in [0.717, 1.165) is 0 Å². The summed E-state index contributed by atoms with van der Waals surface area (Å²) in [5.74, 6) is -2.13. The molecule has 0 saturated carbocycles. The maximum atomic E-state index is 12.8. The summed E-state index contributed by atoms with van der Waals surface area (Å²) in [6.07, 6.45) is 1.63. The zero-order valence-electron chi connectivity index (χ0n) is 15.5. The van der Waals surface area contributed by atoms with Crippen molar-refractivity contribution < 1.29 is 14.7 Å². The first-order valence-corrected chi connectivity index (χ1v) is 8.79. The monoisotopic (exact) mass is 366 g/mol. The van der Waals surface area contributed by atoms with Crippen molar-refractivity contribution in [3.63, 3.8) is 0 Å². The second kappa shape index (κ2) is 7.57. The molecule has 7 nitrogen and oxygen atoms in total. The zero-order valence-corrected chi connectivity index (χ0v) is 15.5. The molecule has 2 heterocycles. The van der Waals surface area contributed by atoms with Gasteiger partial charge in [0, 0.05) is 18.3 Å². The van der Waals surface area contributed by atoms with Gasteiger partial charge in [-0.1, -0.05) is 30.3 Å². The molecule has 7 heteroatoms. The maximum Gasteiger partial charge on any atom is 0.312 e. The average Bonchev–Trinajstić information content (AvgIpc) is 3.05. The predicted molar refractivity (Wildman–Crippen MR) is 102 cm³/mol. The molecule has 0 fully saturated rings. The van der Waals surface area contributed by atoms with Gasteiger partial charge in [0.25, 0.3) is 5.91 Å². The van der Waals surface area contributed by atoms with Gasteiger partial charge in [-0.2, -0.15) is 5.10 Å². The van der Waals surface area contributed by atoms with Crippen LogP contribution in [0.3, 0.4) is 0 Å². The second-order valence-corrected chi connectivity index (χ2v) is 6.74. The fourth-order valence-electron chi connectivity index (χ4n) is 3.03. The fraction of sp³-hybridized carbons (Fsp3) is 0.300. The first kappa shape index (κ1) is 18.6. The molecular weight excluding hydrogens is 344 g/mol. The van der Waals surface area contributed by atoms with Gasteiger partial charge in [-0.25, -0.2) is 9.67 Å². The summed E-state index contributed by atoms with van der Waals surface area (Å²) in [4.78, 5) is 28.9. The second-order valence-electron chi connectivity index (χ2n) is 6.74. The average molecular weight is 366 g/mol. The Balaban J connectivity index is 1.87. The summed E-state index contributed by atoms with van der Waals surface area (Å²) in [5.41, 5.74) is 2.44. The molecule has 3 aromatic rings. The number of benzene rings is 1. The first-order valence-electron chi connectivity index (χ1n) is 8.79. The van der Waals surface area contributed by atoms with Crippen LogP contribution in [0.5, 0.6) is 0 Å². The van der Waals surface area contributed by atoms with Crippen LogP contribution >= 0.6 is 0 Å². The summed E-state index contributed by atoms with van der Waals surface area (Å²) in [5, 5.41) is 17.2. The molecule has 3 rings (SSSR count). The number of amides is 1. The number of carboxylic acid groups (broad SMARTS) is 1. The number of aromatic nitrogens is 3. The van der Waals surface area contributed by atoms with Crippen LogP contribution in [0.15, 0.2) is 42.6 Å². The number of hydrogen-bond acceptors (Lipinski definition) is 4. The molecule has 0 aliphatic rings. The van der Waals surface area contributed by atoms with Crippen molar-refractivity contribution in [2.75, 3.05) is 6.54 Å². The summed E-state index contributed by atoms with van der Waals surface area (Å²) in [6.45, 7) is 5.80. The van der Waals surface area contributed by atoms with E-state index in [-0.39, 0.29) is 18.5 Å². The highest BCUT2D eigenvalue weighted by Crippen LogP contribution is 2.21. The van der Waals surface area contributed by atoms with Crippen LogP contribution in [-0.4, -0.2) is 38.3 Å². The molecule has 0 spiro atoms. The summed E-state index contributed by atoms with van der Waals surface area (Å²) < 4.78 is 1.77. The van der Waals surface area contributed by atoms with E-state index >= 15 is 0 Å². The molecule has 0 aliphatic heterocycles. The lowest BCUT2D eigenvalue weighted by Crippen LogP contribution is -2.32. The van der Waals surface area contributed by atoms with Crippen LogP contribution in [-0.2, 0) is 4.79 Å². The molecule has 1 atom stereocenters. The van der Waals surface area contributed by atoms with Crippen molar-refractivity contribution in [2.24, 2.45) is 0 Å². The highest BCUT2D eigenvalue weighted by molar-refractivity contribution is 6.05. The molecule has 1 amide bonds. The smallest absolute Gasteiger partial charge is 0.312 e. The van der Waals surface area contributed by atoms with Crippen LogP contribution in [0.4, 0.5) is 0 Å². The van der Waals surface area contributed by atoms with Gasteiger partial charge in [-0.05, 0) is 32.4 Å². The van der Waals surface area contributed by atoms with Gasteiger partial charge in [0.1, 0.15) is 0 Å². The van der Waals surface area contributed by atoms with Gasteiger partial charge >= 0.3 is 5.97 Å². The molecule has 27 heavy (non-hydrogen) atoms. The van der Waals surface area contributed by atoms with Crippen molar-refractivity contribution in [1.82, 2.24) is 20.1 Å². The van der Waals surface area contributed by atoms with Crippen LogP contribution in [0.2, 0.25) is 0 Å². The Morgan fingerprint density at radius 3 is 2.56 bits per heavy atom. The van der Waals surface area contributed by atoms with Crippen LogP contribution < -0.4 is 5.32 Å². The van der Waals surface area contributed by atoms with Crippen molar-refractivity contribution in [2.45, 2.75) is 32.7 Å². The minimum atomic E-state index is -0.981. The number of aliphatic carboxylic acids is 1. The molecule has 1 unspecified atom stereocenters. The number of carbonyl (C=O) groups is 2. The number of nitrogens with one attached hydrogen (secondary N) is 1. The lowest BCUT2D eigenvalue weighted by molar-refractivity contribution is -0.138. The summed E-state index contributed by atoms with van der Waals surface area (Å²) >= 11 is 0. The Morgan fingerprint density at radius 1 is 1.22 bits per heavy atom. The minimum absolute atomic E-state index is 0.000633. The van der Waals surface area contributed by atoms with Crippen molar-refractivity contribution >= 4 is 22.9 Å². The van der Waals surface area contributed by atoms with Gasteiger partial charge in [0.15, 0.2) is 5.65 Å². The maximum absolute atomic E-state index is 12.8. The van der Waals surface area contributed by atoms with Gasteiger partial charge < -0.3 is 10.4 Å². The SMILES string of the molecule is Cc1cc(C(=O)NCC(C(=O)O)c2ccccc2)c2cnn(C(C)C)c2n1. The highest BCUT2D eigenvalue weighted by Gasteiger charge is 2.22. The summed E-state index contributed by atoms with van der Waals surface area (Å²) in [6, 6.07) is 10.7. The normalized spacial score (nSPS) is 12.3. The van der Waals surface area contributed by atoms with Crippen molar-refractivity contribution in [1.29, 1.82) is 0 Å². The van der Waals surface area contributed by atoms with E-state index in [1.165, 1.54) is 0 Å². The Kier molecular flexibility index (Phi) is 5.21. The minimum Gasteiger partial charge on any atom is -0.481 e. The molecule has 0 aliphatic carbocycles. The Labute approximate surface area is 157 Å². The number of hydrogen-bond donors (Lipinski definition) is 2. The largest absolute Gasteiger partial charge is 0.481 e. The number of aryl methyl sites for hydroxylation is 1. The quantitative estimate of drug-likeness (QED) is 0.699. The molecular formula is C20H22N4O3. The molecule has 2 aromatic heterocycles. The van der Waals surface area contributed by atoms with E-state index in [4.69, 9.17) is 0 Å². The van der Waals surface area contributed by atoms with E-state index in [0.29, 0.717) is 27.9 Å².